The highest BCUT2D eigenvalue weighted by Gasteiger charge is 2.06. The van der Waals surface area contributed by atoms with Gasteiger partial charge in [-0.15, -0.1) is 0 Å². The first-order valence-electron chi connectivity index (χ1n) is 4.75. The van der Waals surface area contributed by atoms with Crippen molar-refractivity contribution >= 4 is 9.84 Å². The van der Waals surface area contributed by atoms with Crippen LogP contribution in [0.1, 0.15) is 5.56 Å². The summed E-state index contributed by atoms with van der Waals surface area (Å²) in [6.07, 6.45) is 1.15. The van der Waals surface area contributed by atoms with E-state index in [-0.39, 0.29) is 18.8 Å². The Bertz CT molecular complexity index is 459. The van der Waals surface area contributed by atoms with Crippen molar-refractivity contribution in [3.8, 4) is 5.75 Å². The van der Waals surface area contributed by atoms with E-state index >= 15 is 0 Å². The van der Waals surface area contributed by atoms with Gasteiger partial charge in [-0.2, -0.15) is 0 Å². The van der Waals surface area contributed by atoms with Crippen LogP contribution in [0.25, 0.3) is 0 Å². The van der Waals surface area contributed by atoms with Crippen LogP contribution in [0, 0.1) is 5.82 Å². The maximum atomic E-state index is 12.9. The van der Waals surface area contributed by atoms with Crippen LogP contribution >= 0.6 is 0 Å². The van der Waals surface area contributed by atoms with E-state index in [1.807, 2.05) is 0 Å². The first-order valence-corrected chi connectivity index (χ1v) is 6.81. The van der Waals surface area contributed by atoms with Gasteiger partial charge in [-0.25, -0.2) is 12.8 Å². The number of phenols is 1. The molecule has 0 spiro atoms. The van der Waals surface area contributed by atoms with Crippen molar-refractivity contribution in [2.24, 2.45) is 0 Å². The zero-order valence-corrected chi connectivity index (χ0v) is 9.72. The van der Waals surface area contributed by atoms with E-state index in [9.17, 15) is 17.9 Å². The summed E-state index contributed by atoms with van der Waals surface area (Å²) in [6, 6.07) is 4.23. The Balaban J connectivity index is 2.47. The van der Waals surface area contributed by atoms with Crippen molar-refractivity contribution in [1.82, 2.24) is 5.32 Å². The monoisotopic (exact) mass is 247 g/mol. The molecule has 1 aromatic rings. The molecule has 0 radical (unpaired) electrons. The summed E-state index contributed by atoms with van der Waals surface area (Å²) in [4.78, 5) is 0. The molecule has 0 atom stereocenters. The molecule has 0 bridgehead atoms. The Morgan fingerprint density at radius 2 is 2.12 bits per heavy atom. The van der Waals surface area contributed by atoms with Crippen LogP contribution in [0.2, 0.25) is 0 Å². The van der Waals surface area contributed by atoms with Gasteiger partial charge in [0.2, 0.25) is 0 Å². The van der Waals surface area contributed by atoms with Crippen molar-refractivity contribution in [2.45, 2.75) is 6.54 Å². The maximum absolute atomic E-state index is 12.9. The predicted octanol–water partition coefficient (Wildman–Crippen LogP) is 0.665. The summed E-state index contributed by atoms with van der Waals surface area (Å²) < 4.78 is 34.5. The third-order valence-corrected chi connectivity index (χ3v) is 2.98. The summed E-state index contributed by atoms with van der Waals surface area (Å²) in [6.45, 7) is 0.508. The van der Waals surface area contributed by atoms with E-state index in [1.165, 1.54) is 6.07 Å². The molecule has 0 aliphatic carbocycles. The molecule has 6 heteroatoms. The lowest BCUT2D eigenvalue weighted by molar-refractivity contribution is 0.423. The Morgan fingerprint density at radius 3 is 2.75 bits per heavy atom. The van der Waals surface area contributed by atoms with Gasteiger partial charge < -0.3 is 10.4 Å². The smallest absolute Gasteiger partial charge is 0.165 e. The van der Waals surface area contributed by atoms with E-state index in [4.69, 9.17) is 0 Å². The first-order chi connectivity index (χ1) is 7.40. The fourth-order valence-corrected chi connectivity index (χ4v) is 1.70. The lowest BCUT2D eigenvalue weighted by Gasteiger charge is -2.06. The van der Waals surface area contributed by atoms with Crippen LogP contribution in [-0.4, -0.2) is 32.1 Å². The third kappa shape index (κ3) is 4.16. The highest BCUT2D eigenvalue weighted by molar-refractivity contribution is 7.90. The molecule has 0 saturated carbocycles. The number of para-hydroxylation sites is 1. The van der Waals surface area contributed by atoms with Gasteiger partial charge in [0.15, 0.2) is 11.6 Å². The molecule has 90 valence electrons. The molecule has 0 aliphatic rings. The molecular weight excluding hydrogens is 233 g/mol. The molecule has 0 fully saturated rings. The molecule has 1 rings (SSSR count). The topological polar surface area (TPSA) is 66.4 Å². The lowest BCUT2D eigenvalue weighted by atomic mass is 10.2. The summed E-state index contributed by atoms with van der Waals surface area (Å²) in [5.41, 5.74) is 0.411. The fraction of sp³-hybridized carbons (Fsp3) is 0.400. The quantitative estimate of drug-likeness (QED) is 0.750. The van der Waals surface area contributed by atoms with Gasteiger partial charge in [-0.05, 0) is 6.07 Å². The molecule has 0 aromatic heterocycles. The van der Waals surface area contributed by atoms with Crippen molar-refractivity contribution < 1.29 is 17.9 Å². The number of phenolic OH excluding ortho intramolecular Hbond substituents is 1. The van der Waals surface area contributed by atoms with Gasteiger partial charge in [0.05, 0.1) is 5.75 Å². The largest absolute Gasteiger partial charge is 0.505 e. The lowest BCUT2D eigenvalue weighted by Crippen LogP contribution is -2.22. The molecule has 0 aliphatic heterocycles. The molecule has 2 N–H and O–H groups in total. The normalized spacial score (nSPS) is 11.6. The molecular formula is C10H14FNO3S. The molecule has 1 aromatic carbocycles. The Hall–Kier alpha value is -1.14. The molecule has 0 saturated heterocycles. The van der Waals surface area contributed by atoms with Crippen molar-refractivity contribution in [1.29, 1.82) is 0 Å². The number of hydrogen-bond acceptors (Lipinski definition) is 4. The number of aromatic hydroxyl groups is 1. The molecule has 16 heavy (non-hydrogen) atoms. The SMILES string of the molecule is CS(=O)(=O)CCNCc1cccc(F)c1O. The summed E-state index contributed by atoms with van der Waals surface area (Å²) in [5, 5.41) is 12.1. The van der Waals surface area contributed by atoms with Crippen molar-refractivity contribution in [3.63, 3.8) is 0 Å². The van der Waals surface area contributed by atoms with Gasteiger partial charge in [0, 0.05) is 24.9 Å². The predicted molar refractivity (Wildman–Crippen MR) is 59.5 cm³/mol. The van der Waals surface area contributed by atoms with E-state index in [0.29, 0.717) is 5.56 Å². The number of sulfone groups is 1. The van der Waals surface area contributed by atoms with Gasteiger partial charge in [-0.1, -0.05) is 12.1 Å². The third-order valence-electron chi connectivity index (χ3n) is 2.04. The second-order valence-corrected chi connectivity index (χ2v) is 5.81. The van der Waals surface area contributed by atoms with Gasteiger partial charge >= 0.3 is 0 Å². The zero-order valence-electron chi connectivity index (χ0n) is 8.90. The summed E-state index contributed by atoms with van der Waals surface area (Å²) in [7, 11) is -3.00. The number of benzene rings is 1. The number of rotatable bonds is 5. The second kappa shape index (κ2) is 5.27. The van der Waals surface area contributed by atoms with Crippen molar-refractivity contribution in [2.75, 3.05) is 18.6 Å². The van der Waals surface area contributed by atoms with Crippen LogP contribution in [0.5, 0.6) is 5.75 Å². The van der Waals surface area contributed by atoms with E-state index in [1.54, 1.807) is 6.07 Å². The van der Waals surface area contributed by atoms with Gasteiger partial charge in [0.1, 0.15) is 9.84 Å². The van der Waals surface area contributed by atoms with Crippen LogP contribution < -0.4 is 5.32 Å². The first kappa shape index (κ1) is 12.9. The minimum absolute atomic E-state index is 0.0169. The molecule has 4 nitrogen and oxygen atoms in total. The number of halogens is 1. The average Bonchev–Trinajstić information content (AvgIpc) is 2.17. The van der Waals surface area contributed by atoms with E-state index in [2.05, 4.69) is 5.32 Å². The average molecular weight is 247 g/mol. The minimum atomic E-state index is -3.00. The second-order valence-electron chi connectivity index (χ2n) is 3.55. The van der Waals surface area contributed by atoms with Crippen LogP contribution in [0.4, 0.5) is 4.39 Å². The van der Waals surface area contributed by atoms with Crippen LogP contribution in [-0.2, 0) is 16.4 Å². The van der Waals surface area contributed by atoms with Gasteiger partial charge in [-0.3, -0.25) is 0 Å². The zero-order chi connectivity index (χ0) is 12.2. The Labute approximate surface area is 94.0 Å². The van der Waals surface area contributed by atoms with Gasteiger partial charge in [0.25, 0.3) is 0 Å². The maximum Gasteiger partial charge on any atom is 0.165 e. The summed E-state index contributed by atoms with van der Waals surface area (Å²) >= 11 is 0. The number of nitrogens with one attached hydrogen (secondary N) is 1. The van der Waals surface area contributed by atoms with Crippen molar-refractivity contribution in [3.05, 3.63) is 29.6 Å². The highest BCUT2D eigenvalue weighted by atomic mass is 32.2. The molecule has 0 heterocycles. The van der Waals surface area contributed by atoms with E-state index < -0.39 is 21.4 Å². The Kier molecular flexibility index (Phi) is 4.26. The molecule has 0 amide bonds. The number of hydrogen-bond donors (Lipinski definition) is 2. The van der Waals surface area contributed by atoms with Crippen LogP contribution in [0.15, 0.2) is 18.2 Å². The highest BCUT2D eigenvalue weighted by Crippen LogP contribution is 2.19. The molecule has 0 unspecified atom stereocenters. The Morgan fingerprint density at radius 1 is 1.44 bits per heavy atom. The van der Waals surface area contributed by atoms with E-state index in [0.717, 1.165) is 12.3 Å². The summed E-state index contributed by atoms with van der Waals surface area (Å²) in [5.74, 6) is -1.06. The standard InChI is InChI=1S/C10H14FNO3S/c1-16(14,15)6-5-12-7-8-3-2-4-9(11)10(8)13/h2-4,12-13H,5-7H2,1H3. The van der Waals surface area contributed by atoms with Crippen LogP contribution in [0.3, 0.4) is 0 Å². The minimum Gasteiger partial charge on any atom is -0.505 e. The fourth-order valence-electron chi connectivity index (χ4n) is 1.18.